The van der Waals surface area contributed by atoms with Crippen LogP contribution in [0.1, 0.15) is 43.7 Å². The Morgan fingerprint density at radius 3 is 2.65 bits per heavy atom. The molecule has 0 aliphatic heterocycles. The Balaban J connectivity index is 2.29. The average Bonchev–Trinajstić information content (AvgIpc) is 2.32. The lowest BCUT2D eigenvalue weighted by atomic mass is 10.2. The molecule has 3 nitrogen and oxygen atoms in total. The predicted octanol–water partition coefficient (Wildman–Crippen LogP) is 3.03. The molecule has 17 heavy (non-hydrogen) atoms. The Hall–Kier alpha value is -1.64. The highest BCUT2D eigenvalue weighted by Gasteiger charge is 1.97. The monoisotopic (exact) mass is 232 g/mol. The van der Waals surface area contributed by atoms with E-state index in [9.17, 15) is 4.79 Å². The lowest BCUT2D eigenvalue weighted by Gasteiger charge is -1.98. The van der Waals surface area contributed by atoms with Gasteiger partial charge in [-0.2, -0.15) is 5.10 Å². The summed E-state index contributed by atoms with van der Waals surface area (Å²) in [5.41, 5.74) is 4.74. The number of aryl methyl sites for hydroxylation is 1. The van der Waals surface area contributed by atoms with Gasteiger partial charge in [0, 0.05) is 6.42 Å². The zero-order valence-electron chi connectivity index (χ0n) is 10.6. The summed E-state index contributed by atoms with van der Waals surface area (Å²) in [5.74, 6) is -0.0122. The zero-order valence-corrected chi connectivity index (χ0v) is 10.6. The van der Waals surface area contributed by atoms with Gasteiger partial charge in [0.2, 0.25) is 5.91 Å². The molecule has 1 aromatic rings. The normalized spacial score (nSPS) is 10.7. The molecule has 0 bridgehead atoms. The number of amides is 1. The molecule has 1 rings (SSSR count). The van der Waals surface area contributed by atoms with Crippen LogP contribution in [-0.2, 0) is 4.79 Å². The molecule has 0 fully saturated rings. The lowest BCUT2D eigenvalue weighted by Crippen LogP contribution is -2.16. The number of rotatable bonds is 6. The van der Waals surface area contributed by atoms with Crippen molar-refractivity contribution in [3.05, 3.63) is 35.4 Å². The van der Waals surface area contributed by atoms with E-state index in [1.807, 2.05) is 31.2 Å². The first kappa shape index (κ1) is 13.4. The second-order valence-electron chi connectivity index (χ2n) is 4.16. The van der Waals surface area contributed by atoms with Crippen LogP contribution in [0.4, 0.5) is 0 Å². The maximum absolute atomic E-state index is 11.3. The molecule has 0 unspecified atom stereocenters. The third-order valence-corrected chi connectivity index (χ3v) is 2.49. The summed E-state index contributed by atoms with van der Waals surface area (Å²) in [5, 5.41) is 3.93. The third kappa shape index (κ3) is 5.85. The molecule has 92 valence electrons. The summed E-state index contributed by atoms with van der Waals surface area (Å²) >= 11 is 0. The van der Waals surface area contributed by atoms with Gasteiger partial charge in [0.05, 0.1) is 6.21 Å². The van der Waals surface area contributed by atoms with Crippen molar-refractivity contribution in [1.29, 1.82) is 0 Å². The SMILES string of the molecule is CCCCCC(=O)N/N=C\c1ccc(C)cc1. The standard InChI is InChI=1S/C14H20N2O/c1-3-4-5-6-14(17)16-15-11-13-9-7-12(2)8-10-13/h7-11H,3-6H2,1-2H3,(H,16,17)/b15-11-. The van der Waals surface area contributed by atoms with Crippen molar-refractivity contribution in [2.24, 2.45) is 5.10 Å². The Kier molecular flexibility index (Phi) is 6.00. The minimum absolute atomic E-state index is 0.0122. The summed E-state index contributed by atoms with van der Waals surface area (Å²) in [7, 11) is 0. The van der Waals surface area contributed by atoms with Crippen LogP contribution in [0.3, 0.4) is 0 Å². The number of carbonyl (C=O) groups excluding carboxylic acids is 1. The van der Waals surface area contributed by atoms with Crippen LogP contribution in [0.15, 0.2) is 29.4 Å². The van der Waals surface area contributed by atoms with Crippen LogP contribution in [0, 0.1) is 6.92 Å². The summed E-state index contributed by atoms with van der Waals surface area (Å²) in [6.07, 6.45) is 5.37. The number of unbranched alkanes of at least 4 members (excludes halogenated alkanes) is 2. The molecular weight excluding hydrogens is 212 g/mol. The molecule has 0 heterocycles. The topological polar surface area (TPSA) is 41.5 Å². The minimum Gasteiger partial charge on any atom is -0.273 e. The van der Waals surface area contributed by atoms with Crippen molar-refractivity contribution in [3.63, 3.8) is 0 Å². The lowest BCUT2D eigenvalue weighted by molar-refractivity contribution is -0.121. The number of benzene rings is 1. The fraction of sp³-hybridized carbons (Fsp3) is 0.429. The van der Waals surface area contributed by atoms with Crippen molar-refractivity contribution in [3.8, 4) is 0 Å². The molecule has 0 aliphatic rings. The van der Waals surface area contributed by atoms with Crippen molar-refractivity contribution < 1.29 is 4.79 Å². The van der Waals surface area contributed by atoms with E-state index in [1.54, 1.807) is 6.21 Å². The van der Waals surface area contributed by atoms with Crippen molar-refractivity contribution in [2.45, 2.75) is 39.5 Å². The van der Waals surface area contributed by atoms with E-state index in [2.05, 4.69) is 17.5 Å². The number of carbonyl (C=O) groups is 1. The number of nitrogens with one attached hydrogen (secondary N) is 1. The molecule has 3 heteroatoms. The van der Waals surface area contributed by atoms with Gasteiger partial charge in [0.15, 0.2) is 0 Å². The summed E-state index contributed by atoms with van der Waals surface area (Å²) in [4.78, 5) is 11.3. The largest absolute Gasteiger partial charge is 0.273 e. The van der Waals surface area contributed by atoms with Gasteiger partial charge < -0.3 is 0 Å². The third-order valence-electron chi connectivity index (χ3n) is 2.49. The molecule has 0 saturated heterocycles. The Morgan fingerprint density at radius 2 is 2.00 bits per heavy atom. The van der Waals surface area contributed by atoms with Crippen LogP contribution in [0.2, 0.25) is 0 Å². The minimum atomic E-state index is -0.0122. The van der Waals surface area contributed by atoms with Gasteiger partial charge in [-0.25, -0.2) is 5.43 Å². The first-order chi connectivity index (χ1) is 8.22. The Labute approximate surface area is 103 Å². The fourth-order valence-corrected chi connectivity index (χ4v) is 1.42. The van der Waals surface area contributed by atoms with Crippen LogP contribution in [0.5, 0.6) is 0 Å². The van der Waals surface area contributed by atoms with Gasteiger partial charge in [0.1, 0.15) is 0 Å². The summed E-state index contributed by atoms with van der Waals surface area (Å²) < 4.78 is 0. The van der Waals surface area contributed by atoms with Crippen LogP contribution in [-0.4, -0.2) is 12.1 Å². The quantitative estimate of drug-likeness (QED) is 0.457. The molecule has 0 aromatic heterocycles. The van der Waals surface area contributed by atoms with E-state index in [1.165, 1.54) is 5.56 Å². The van der Waals surface area contributed by atoms with Gasteiger partial charge >= 0.3 is 0 Å². The number of nitrogens with zero attached hydrogens (tertiary/aromatic N) is 1. The highest BCUT2D eigenvalue weighted by atomic mass is 16.2. The fourth-order valence-electron chi connectivity index (χ4n) is 1.42. The number of hydrazone groups is 1. The second-order valence-corrected chi connectivity index (χ2v) is 4.16. The molecular formula is C14H20N2O. The van der Waals surface area contributed by atoms with Gasteiger partial charge in [-0.05, 0) is 18.9 Å². The maximum Gasteiger partial charge on any atom is 0.240 e. The van der Waals surface area contributed by atoms with E-state index in [0.717, 1.165) is 24.8 Å². The van der Waals surface area contributed by atoms with Crippen molar-refractivity contribution >= 4 is 12.1 Å². The number of hydrogen-bond donors (Lipinski definition) is 1. The second kappa shape index (κ2) is 7.60. The highest BCUT2D eigenvalue weighted by molar-refractivity contribution is 5.82. The van der Waals surface area contributed by atoms with E-state index in [0.29, 0.717) is 6.42 Å². The molecule has 0 saturated carbocycles. The predicted molar refractivity (Wildman–Crippen MR) is 71.1 cm³/mol. The maximum atomic E-state index is 11.3. The van der Waals surface area contributed by atoms with Crippen LogP contribution in [0.25, 0.3) is 0 Å². The molecule has 0 atom stereocenters. The highest BCUT2D eigenvalue weighted by Crippen LogP contribution is 2.00. The van der Waals surface area contributed by atoms with Crippen molar-refractivity contribution in [1.82, 2.24) is 5.43 Å². The first-order valence-corrected chi connectivity index (χ1v) is 6.11. The van der Waals surface area contributed by atoms with E-state index < -0.39 is 0 Å². The summed E-state index contributed by atoms with van der Waals surface area (Å²) in [6, 6.07) is 7.99. The van der Waals surface area contributed by atoms with E-state index in [-0.39, 0.29) is 5.91 Å². The van der Waals surface area contributed by atoms with Gasteiger partial charge in [-0.1, -0.05) is 49.6 Å². The molecule has 0 aliphatic carbocycles. The molecule has 0 radical (unpaired) electrons. The smallest absolute Gasteiger partial charge is 0.240 e. The van der Waals surface area contributed by atoms with Gasteiger partial charge in [-0.15, -0.1) is 0 Å². The Bertz CT molecular complexity index is 368. The zero-order chi connectivity index (χ0) is 12.5. The van der Waals surface area contributed by atoms with E-state index in [4.69, 9.17) is 0 Å². The van der Waals surface area contributed by atoms with Gasteiger partial charge in [0.25, 0.3) is 0 Å². The van der Waals surface area contributed by atoms with E-state index >= 15 is 0 Å². The van der Waals surface area contributed by atoms with Crippen LogP contribution < -0.4 is 5.43 Å². The van der Waals surface area contributed by atoms with Gasteiger partial charge in [-0.3, -0.25) is 4.79 Å². The number of hydrogen-bond acceptors (Lipinski definition) is 2. The summed E-state index contributed by atoms with van der Waals surface area (Å²) in [6.45, 7) is 4.16. The molecule has 1 aromatic carbocycles. The first-order valence-electron chi connectivity index (χ1n) is 6.11. The molecule has 1 amide bonds. The Morgan fingerprint density at radius 1 is 1.29 bits per heavy atom. The molecule has 1 N–H and O–H groups in total. The average molecular weight is 232 g/mol. The molecule has 0 spiro atoms. The van der Waals surface area contributed by atoms with Crippen LogP contribution >= 0.6 is 0 Å². The van der Waals surface area contributed by atoms with Crippen molar-refractivity contribution in [2.75, 3.05) is 0 Å².